The highest BCUT2D eigenvalue weighted by molar-refractivity contribution is 8.00. The summed E-state index contributed by atoms with van der Waals surface area (Å²) in [7, 11) is 1.58. The first-order valence-electron chi connectivity index (χ1n) is 5.71. The number of aliphatic carboxylic acids is 1. The zero-order valence-corrected chi connectivity index (χ0v) is 11.3. The summed E-state index contributed by atoms with van der Waals surface area (Å²) in [6.45, 7) is 0. The van der Waals surface area contributed by atoms with Gasteiger partial charge in [0.25, 0.3) is 0 Å². The molecule has 1 aromatic carbocycles. The maximum atomic E-state index is 11.6. The number of carboxylic acid groups (broad SMARTS) is 1. The molecular weight excluding hydrogens is 266 g/mol. The lowest BCUT2D eigenvalue weighted by Gasteiger charge is -2.03. The number of thioether (sulfide) groups is 1. The maximum absolute atomic E-state index is 11.6. The summed E-state index contributed by atoms with van der Waals surface area (Å²) in [6, 6.07) is 6.80. The highest BCUT2D eigenvalue weighted by Gasteiger charge is 2.08. The molecule has 0 aliphatic rings. The Morgan fingerprint density at radius 2 is 1.79 bits per heavy atom. The molecule has 6 heteroatoms. The number of carboxylic acids is 1. The molecule has 5 nitrogen and oxygen atoms in total. The van der Waals surface area contributed by atoms with Crippen molar-refractivity contribution in [3.63, 3.8) is 0 Å². The lowest BCUT2D eigenvalue weighted by molar-refractivity contribution is -0.137. The molecule has 0 aliphatic heterocycles. The van der Waals surface area contributed by atoms with E-state index in [1.807, 2.05) is 0 Å². The quantitative estimate of drug-likeness (QED) is 0.585. The van der Waals surface area contributed by atoms with E-state index in [4.69, 9.17) is 5.11 Å². The van der Waals surface area contributed by atoms with Gasteiger partial charge in [-0.3, -0.25) is 14.4 Å². The van der Waals surface area contributed by atoms with E-state index in [9.17, 15) is 14.4 Å². The van der Waals surface area contributed by atoms with Gasteiger partial charge in [0.05, 0.1) is 12.2 Å². The molecule has 0 aromatic heterocycles. The van der Waals surface area contributed by atoms with E-state index in [-0.39, 0.29) is 24.5 Å². The van der Waals surface area contributed by atoms with Gasteiger partial charge in [-0.25, -0.2) is 0 Å². The van der Waals surface area contributed by atoms with Gasteiger partial charge in [-0.1, -0.05) is 12.1 Å². The first kappa shape index (κ1) is 15.2. The molecule has 1 rings (SSSR count). The number of rotatable bonds is 7. The molecule has 0 unspecified atom stereocenters. The lowest BCUT2D eigenvalue weighted by Crippen LogP contribution is -2.19. The van der Waals surface area contributed by atoms with Crippen LogP contribution in [0.15, 0.2) is 29.2 Å². The van der Waals surface area contributed by atoms with Crippen molar-refractivity contribution in [3.8, 4) is 0 Å². The number of carbonyl (C=O) groups excluding carboxylic acids is 2. The average Bonchev–Trinajstić information content (AvgIpc) is 2.42. The normalized spacial score (nSPS) is 9.95. The second-order valence-electron chi connectivity index (χ2n) is 3.80. The molecular formula is C13H15NO4S. The van der Waals surface area contributed by atoms with Crippen LogP contribution >= 0.6 is 11.8 Å². The third-order valence-corrected chi connectivity index (χ3v) is 3.40. The highest BCUT2D eigenvalue weighted by atomic mass is 32.2. The van der Waals surface area contributed by atoms with E-state index < -0.39 is 5.97 Å². The van der Waals surface area contributed by atoms with Crippen molar-refractivity contribution in [2.45, 2.75) is 17.7 Å². The number of carbonyl (C=O) groups is 3. The molecule has 19 heavy (non-hydrogen) atoms. The Hall–Kier alpha value is -1.82. The van der Waals surface area contributed by atoms with Crippen LogP contribution in [0, 0.1) is 0 Å². The summed E-state index contributed by atoms with van der Waals surface area (Å²) < 4.78 is 0. The van der Waals surface area contributed by atoms with Gasteiger partial charge in [0.1, 0.15) is 0 Å². The Bertz CT molecular complexity index is 470. The summed E-state index contributed by atoms with van der Waals surface area (Å²) in [5.41, 5.74) is 0.491. The van der Waals surface area contributed by atoms with E-state index in [1.54, 1.807) is 31.3 Å². The monoisotopic (exact) mass is 281 g/mol. The van der Waals surface area contributed by atoms with Crippen molar-refractivity contribution in [3.05, 3.63) is 29.8 Å². The van der Waals surface area contributed by atoms with Gasteiger partial charge in [-0.2, -0.15) is 0 Å². The molecule has 1 aromatic rings. The van der Waals surface area contributed by atoms with Crippen molar-refractivity contribution in [2.75, 3.05) is 12.8 Å². The second-order valence-corrected chi connectivity index (χ2v) is 4.85. The zero-order chi connectivity index (χ0) is 14.3. The van der Waals surface area contributed by atoms with Crippen LogP contribution in [0.3, 0.4) is 0 Å². The van der Waals surface area contributed by atoms with Gasteiger partial charge in [-0.05, 0) is 12.1 Å². The first-order chi connectivity index (χ1) is 9.02. The van der Waals surface area contributed by atoms with E-state index in [2.05, 4.69) is 5.32 Å². The van der Waals surface area contributed by atoms with Crippen LogP contribution in [-0.4, -0.2) is 35.6 Å². The van der Waals surface area contributed by atoms with Crippen LogP contribution in [0.1, 0.15) is 23.2 Å². The third-order valence-electron chi connectivity index (χ3n) is 2.39. The Labute approximate surface area is 115 Å². The summed E-state index contributed by atoms with van der Waals surface area (Å²) >= 11 is 1.37. The van der Waals surface area contributed by atoms with Crippen molar-refractivity contribution in [1.82, 2.24) is 5.32 Å². The fraction of sp³-hybridized carbons (Fsp3) is 0.308. The summed E-state index contributed by atoms with van der Waals surface area (Å²) in [5, 5.41) is 11.0. The SMILES string of the molecule is CNC(=O)CSc1ccc(C(=O)CCC(=O)O)cc1. The molecule has 0 bridgehead atoms. The molecule has 0 saturated heterocycles. The predicted molar refractivity (Wildman–Crippen MR) is 72.4 cm³/mol. The smallest absolute Gasteiger partial charge is 0.303 e. The molecule has 1 amide bonds. The minimum absolute atomic E-state index is 0.0000630. The number of nitrogens with one attached hydrogen (secondary N) is 1. The molecule has 0 spiro atoms. The zero-order valence-electron chi connectivity index (χ0n) is 10.5. The van der Waals surface area contributed by atoms with E-state index in [0.717, 1.165) is 4.90 Å². The maximum Gasteiger partial charge on any atom is 0.303 e. The number of benzene rings is 1. The van der Waals surface area contributed by atoms with Gasteiger partial charge in [-0.15, -0.1) is 11.8 Å². The molecule has 0 aliphatic carbocycles. The Morgan fingerprint density at radius 1 is 1.16 bits per heavy atom. The minimum atomic E-state index is -0.980. The molecule has 0 fully saturated rings. The lowest BCUT2D eigenvalue weighted by atomic mass is 10.1. The fourth-order valence-electron chi connectivity index (χ4n) is 1.32. The van der Waals surface area contributed by atoms with Crippen molar-refractivity contribution in [2.24, 2.45) is 0 Å². The molecule has 0 saturated carbocycles. The van der Waals surface area contributed by atoms with Gasteiger partial charge in [0, 0.05) is 23.9 Å². The highest BCUT2D eigenvalue weighted by Crippen LogP contribution is 2.18. The van der Waals surface area contributed by atoms with Crippen molar-refractivity contribution < 1.29 is 19.5 Å². The van der Waals surface area contributed by atoms with Crippen molar-refractivity contribution in [1.29, 1.82) is 0 Å². The molecule has 0 heterocycles. The van der Waals surface area contributed by atoms with Gasteiger partial charge >= 0.3 is 5.97 Å². The Morgan fingerprint density at radius 3 is 2.32 bits per heavy atom. The van der Waals surface area contributed by atoms with Crippen LogP contribution < -0.4 is 5.32 Å². The minimum Gasteiger partial charge on any atom is -0.481 e. The van der Waals surface area contributed by atoms with Gasteiger partial charge in [0.2, 0.25) is 5.91 Å². The van der Waals surface area contributed by atoms with Crippen LogP contribution in [0.4, 0.5) is 0 Å². The molecule has 0 radical (unpaired) electrons. The van der Waals surface area contributed by atoms with Crippen LogP contribution in [0.25, 0.3) is 0 Å². The standard InChI is InChI=1S/C13H15NO4S/c1-14-12(16)8-19-10-4-2-9(3-5-10)11(15)6-7-13(17)18/h2-5H,6-8H2,1H3,(H,14,16)(H,17,18). The van der Waals surface area contributed by atoms with Crippen LogP contribution in [0.5, 0.6) is 0 Å². The predicted octanol–water partition coefficient (Wildman–Crippen LogP) is 1.57. The Balaban J connectivity index is 2.53. The summed E-state index contributed by atoms with van der Waals surface area (Å²) in [6.07, 6.45) is -0.161. The largest absolute Gasteiger partial charge is 0.481 e. The number of hydrogen-bond donors (Lipinski definition) is 2. The van der Waals surface area contributed by atoms with E-state index >= 15 is 0 Å². The second kappa shape index (κ2) is 7.58. The molecule has 0 atom stereocenters. The number of hydrogen-bond acceptors (Lipinski definition) is 4. The van der Waals surface area contributed by atoms with Crippen LogP contribution in [0.2, 0.25) is 0 Å². The number of amides is 1. The number of ketones is 1. The average molecular weight is 281 g/mol. The Kier molecular flexibility index (Phi) is 6.08. The fourth-order valence-corrected chi connectivity index (χ4v) is 2.09. The summed E-state index contributed by atoms with van der Waals surface area (Å²) in [4.78, 5) is 34.0. The van der Waals surface area contributed by atoms with E-state index in [0.29, 0.717) is 11.3 Å². The molecule has 2 N–H and O–H groups in total. The van der Waals surface area contributed by atoms with Crippen LogP contribution in [-0.2, 0) is 9.59 Å². The molecule has 102 valence electrons. The topological polar surface area (TPSA) is 83.5 Å². The number of Topliss-reactive ketones (excluding diaryl/α,β-unsaturated/α-hetero) is 1. The van der Waals surface area contributed by atoms with Gasteiger partial charge < -0.3 is 10.4 Å². The van der Waals surface area contributed by atoms with Crippen molar-refractivity contribution >= 4 is 29.4 Å². The van der Waals surface area contributed by atoms with Gasteiger partial charge in [0.15, 0.2) is 5.78 Å². The summed E-state index contributed by atoms with van der Waals surface area (Å²) in [5.74, 6) is -0.911. The first-order valence-corrected chi connectivity index (χ1v) is 6.70. The van der Waals surface area contributed by atoms with E-state index in [1.165, 1.54) is 11.8 Å². The third kappa shape index (κ3) is 5.56.